The maximum absolute atomic E-state index is 12.5. The van der Waals surface area contributed by atoms with E-state index < -0.39 is 11.7 Å². The third kappa shape index (κ3) is 4.10. The van der Waals surface area contributed by atoms with E-state index in [0.29, 0.717) is 11.4 Å². The number of aromatic nitrogens is 3. The van der Waals surface area contributed by atoms with Crippen LogP contribution < -0.4 is 0 Å². The fraction of sp³-hybridized carbons (Fsp3) is 0.471. The highest BCUT2D eigenvalue weighted by atomic mass is 35.5. The molecule has 0 N–H and O–H groups in total. The van der Waals surface area contributed by atoms with Crippen molar-refractivity contribution < 1.29 is 9.53 Å². The lowest BCUT2D eigenvalue weighted by molar-refractivity contribution is 0.0540. The zero-order valence-electron chi connectivity index (χ0n) is 14.3. The second kappa shape index (κ2) is 5.96. The molecule has 2 aromatic rings. The van der Waals surface area contributed by atoms with Crippen LogP contribution in [-0.4, -0.2) is 26.2 Å². The number of carbonyl (C=O) groups excluding carboxylic acids is 1. The van der Waals surface area contributed by atoms with Gasteiger partial charge >= 0.3 is 6.09 Å². The van der Waals surface area contributed by atoms with Crippen molar-refractivity contribution in [1.82, 2.24) is 14.5 Å². The van der Waals surface area contributed by atoms with Crippen molar-refractivity contribution in [3.63, 3.8) is 0 Å². The van der Waals surface area contributed by atoms with E-state index in [0.717, 1.165) is 5.56 Å². The molecule has 0 aliphatic heterocycles. The second-order valence-corrected chi connectivity index (χ2v) is 7.73. The number of nitrogens with zero attached hydrogens (tertiary/aromatic N) is 3. The van der Waals surface area contributed by atoms with Gasteiger partial charge in [-0.1, -0.05) is 20.8 Å². The Kier molecular flexibility index (Phi) is 4.53. The summed E-state index contributed by atoms with van der Waals surface area (Å²) in [7, 11) is 0. The lowest BCUT2D eigenvalue weighted by atomic mass is 9.86. The first kappa shape index (κ1) is 17.5. The monoisotopic (exact) mass is 335 g/mol. The first-order chi connectivity index (χ1) is 10.5. The highest BCUT2D eigenvalue weighted by Gasteiger charge is 2.27. The molecule has 0 atom stereocenters. The molecule has 0 saturated carbocycles. The van der Waals surface area contributed by atoms with Gasteiger partial charge in [-0.2, -0.15) is 0 Å². The predicted octanol–water partition coefficient (Wildman–Crippen LogP) is 4.68. The van der Waals surface area contributed by atoms with Crippen LogP contribution in [0.25, 0.3) is 11.4 Å². The zero-order chi connectivity index (χ0) is 17.4. The number of halogens is 1. The Labute approximate surface area is 141 Å². The van der Waals surface area contributed by atoms with Crippen LogP contribution in [0.15, 0.2) is 24.5 Å². The molecule has 2 rings (SSSR count). The summed E-state index contributed by atoms with van der Waals surface area (Å²) in [6, 6.07) is 3.65. The molecule has 0 radical (unpaired) electrons. The van der Waals surface area contributed by atoms with Crippen LogP contribution in [0.5, 0.6) is 0 Å². The van der Waals surface area contributed by atoms with Crippen molar-refractivity contribution in [1.29, 1.82) is 0 Å². The minimum absolute atomic E-state index is 0.138. The van der Waals surface area contributed by atoms with Crippen molar-refractivity contribution in [3.8, 4) is 11.4 Å². The maximum Gasteiger partial charge on any atom is 0.419 e. The number of hydrogen-bond acceptors (Lipinski definition) is 4. The summed E-state index contributed by atoms with van der Waals surface area (Å²) in [5.74, 6) is 0. The molecule has 0 aromatic carbocycles. The third-order valence-electron chi connectivity index (χ3n) is 3.15. The van der Waals surface area contributed by atoms with Gasteiger partial charge < -0.3 is 4.74 Å². The van der Waals surface area contributed by atoms with E-state index >= 15 is 0 Å². The topological polar surface area (TPSA) is 57.0 Å². The molecular formula is C17H22ClN3O2. The molecule has 0 aliphatic carbocycles. The minimum Gasteiger partial charge on any atom is -0.443 e. The average molecular weight is 336 g/mol. The molecule has 23 heavy (non-hydrogen) atoms. The molecule has 0 spiro atoms. The summed E-state index contributed by atoms with van der Waals surface area (Å²) in [5.41, 5.74) is 1.50. The van der Waals surface area contributed by atoms with Crippen molar-refractivity contribution in [2.75, 3.05) is 0 Å². The van der Waals surface area contributed by atoms with Gasteiger partial charge in [-0.3, -0.25) is 4.57 Å². The van der Waals surface area contributed by atoms with Crippen molar-refractivity contribution >= 4 is 17.7 Å². The first-order valence-electron chi connectivity index (χ1n) is 7.43. The maximum atomic E-state index is 12.5. The fourth-order valence-electron chi connectivity index (χ4n) is 2.23. The van der Waals surface area contributed by atoms with Crippen molar-refractivity contribution in [2.45, 2.75) is 52.6 Å². The van der Waals surface area contributed by atoms with Crippen molar-refractivity contribution in [2.24, 2.45) is 0 Å². The Bertz CT molecular complexity index is 724. The third-order valence-corrected chi connectivity index (χ3v) is 3.34. The summed E-state index contributed by atoms with van der Waals surface area (Å²) in [4.78, 5) is 20.7. The summed E-state index contributed by atoms with van der Waals surface area (Å²) in [6.07, 6.45) is 2.83. The lowest BCUT2D eigenvalue weighted by Gasteiger charge is -2.23. The van der Waals surface area contributed by atoms with Crippen LogP contribution in [-0.2, 0) is 10.2 Å². The van der Waals surface area contributed by atoms with E-state index in [1.807, 2.05) is 26.8 Å². The average Bonchev–Trinajstić information content (AvgIpc) is 2.81. The molecule has 0 fully saturated rings. The Hall–Kier alpha value is -1.88. The Morgan fingerprint density at radius 3 is 2.35 bits per heavy atom. The van der Waals surface area contributed by atoms with E-state index in [1.165, 1.54) is 4.57 Å². The Morgan fingerprint density at radius 1 is 1.17 bits per heavy atom. The van der Waals surface area contributed by atoms with Gasteiger partial charge in [-0.25, -0.2) is 14.8 Å². The molecule has 2 heterocycles. The molecule has 2 aromatic heterocycles. The largest absolute Gasteiger partial charge is 0.443 e. The van der Waals surface area contributed by atoms with Crippen LogP contribution in [0.4, 0.5) is 4.79 Å². The standard InChI is InChI=1S/C17H22ClN3O2/c1-16(2,3)11-8-10-21(15(22)23-17(4,5)6)13(11)12-7-9-19-14(18)20-12/h7-10H,1-6H3. The quantitative estimate of drug-likeness (QED) is 0.710. The molecule has 6 heteroatoms. The summed E-state index contributed by atoms with van der Waals surface area (Å²) in [6.45, 7) is 11.7. The second-order valence-electron chi connectivity index (χ2n) is 7.39. The molecule has 0 aliphatic rings. The summed E-state index contributed by atoms with van der Waals surface area (Å²) >= 11 is 5.92. The smallest absolute Gasteiger partial charge is 0.419 e. The van der Waals surface area contributed by atoms with E-state index in [-0.39, 0.29) is 10.7 Å². The van der Waals surface area contributed by atoms with Gasteiger partial charge in [0, 0.05) is 12.4 Å². The van der Waals surface area contributed by atoms with Gasteiger partial charge in [0.25, 0.3) is 0 Å². The van der Waals surface area contributed by atoms with Crippen LogP contribution in [0.2, 0.25) is 5.28 Å². The molecule has 0 unspecified atom stereocenters. The van der Waals surface area contributed by atoms with Gasteiger partial charge in [0.1, 0.15) is 5.60 Å². The van der Waals surface area contributed by atoms with Gasteiger partial charge in [0.15, 0.2) is 0 Å². The van der Waals surface area contributed by atoms with Crippen LogP contribution in [0.1, 0.15) is 47.1 Å². The molecule has 0 amide bonds. The van der Waals surface area contributed by atoms with Gasteiger partial charge in [-0.05, 0) is 55.5 Å². The fourth-order valence-corrected chi connectivity index (χ4v) is 2.38. The van der Waals surface area contributed by atoms with E-state index in [1.54, 1.807) is 18.5 Å². The van der Waals surface area contributed by atoms with Crippen molar-refractivity contribution in [3.05, 3.63) is 35.4 Å². The predicted molar refractivity (Wildman–Crippen MR) is 90.8 cm³/mol. The minimum atomic E-state index is -0.580. The molecule has 124 valence electrons. The number of hydrogen-bond donors (Lipinski definition) is 0. The number of rotatable bonds is 1. The van der Waals surface area contributed by atoms with E-state index in [4.69, 9.17) is 16.3 Å². The number of carbonyl (C=O) groups is 1. The Balaban J connectivity index is 2.61. The molecular weight excluding hydrogens is 314 g/mol. The number of ether oxygens (including phenoxy) is 1. The SMILES string of the molecule is CC(C)(C)OC(=O)n1ccc(C(C)(C)C)c1-c1ccnc(Cl)n1. The van der Waals surface area contributed by atoms with Crippen LogP contribution in [0.3, 0.4) is 0 Å². The molecule has 0 bridgehead atoms. The van der Waals surface area contributed by atoms with Crippen LogP contribution >= 0.6 is 11.6 Å². The van der Waals surface area contributed by atoms with E-state index in [9.17, 15) is 4.79 Å². The van der Waals surface area contributed by atoms with Gasteiger partial charge in [0.05, 0.1) is 11.4 Å². The lowest BCUT2D eigenvalue weighted by Crippen LogP contribution is -2.27. The van der Waals surface area contributed by atoms with Gasteiger partial charge in [-0.15, -0.1) is 0 Å². The van der Waals surface area contributed by atoms with Gasteiger partial charge in [0.2, 0.25) is 5.28 Å². The normalized spacial score (nSPS) is 12.3. The highest BCUT2D eigenvalue weighted by molar-refractivity contribution is 6.28. The first-order valence-corrected chi connectivity index (χ1v) is 7.81. The zero-order valence-corrected chi connectivity index (χ0v) is 15.1. The van der Waals surface area contributed by atoms with Crippen LogP contribution in [0, 0.1) is 0 Å². The summed E-state index contributed by atoms with van der Waals surface area (Å²) < 4.78 is 6.97. The highest BCUT2D eigenvalue weighted by Crippen LogP contribution is 2.33. The Morgan fingerprint density at radius 2 is 1.83 bits per heavy atom. The molecule has 0 saturated heterocycles. The molecule has 5 nitrogen and oxygen atoms in total. The summed E-state index contributed by atoms with van der Waals surface area (Å²) in [5, 5.41) is 0.138. The van der Waals surface area contributed by atoms with E-state index in [2.05, 4.69) is 30.7 Å².